The third-order valence-corrected chi connectivity index (χ3v) is 2.78. The molecule has 126 valence electrons. The SMILES string of the molecule is CO/C([O-])=C(/[O+]=Cc1cccc(Oc2ccccc2)c1)C(F)(F)F. The highest BCUT2D eigenvalue weighted by atomic mass is 19.4. The number of hydrogen-bond acceptors (Lipinski definition) is 3. The summed E-state index contributed by atoms with van der Waals surface area (Å²) in [5, 5.41) is 11.1. The van der Waals surface area contributed by atoms with E-state index in [9.17, 15) is 18.3 Å². The van der Waals surface area contributed by atoms with E-state index in [0.29, 0.717) is 11.5 Å². The van der Waals surface area contributed by atoms with Crippen LogP contribution in [0.3, 0.4) is 0 Å². The first-order valence-electron chi connectivity index (χ1n) is 6.75. The molecule has 0 aromatic heterocycles. The zero-order chi connectivity index (χ0) is 17.6. The minimum Gasteiger partial charge on any atom is -0.610 e. The summed E-state index contributed by atoms with van der Waals surface area (Å²) in [6.07, 6.45) is -4.15. The molecule has 2 rings (SSSR count). The van der Waals surface area contributed by atoms with Crippen LogP contribution in [0.15, 0.2) is 66.3 Å². The number of benzene rings is 2. The first kappa shape index (κ1) is 17.4. The van der Waals surface area contributed by atoms with Gasteiger partial charge in [0, 0.05) is 0 Å². The summed E-state index contributed by atoms with van der Waals surface area (Å²) in [6, 6.07) is 15.1. The third-order valence-electron chi connectivity index (χ3n) is 2.78. The molecule has 0 aliphatic rings. The van der Waals surface area contributed by atoms with Crippen molar-refractivity contribution < 1.29 is 32.2 Å². The van der Waals surface area contributed by atoms with E-state index < -0.39 is 17.9 Å². The Morgan fingerprint density at radius 2 is 1.71 bits per heavy atom. The average molecular weight is 338 g/mol. The molecule has 0 saturated heterocycles. The average Bonchev–Trinajstić information content (AvgIpc) is 2.55. The van der Waals surface area contributed by atoms with E-state index in [0.717, 1.165) is 13.4 Å². The maximum Gasteiger partial charge on any atom is 0.512 e. The number of methoxy groups -OCH3 is 1. The second kappa shape index (κ2) is 7.54. The largest absolute Gasteiger partial charge is 0.610 e. The Morgan fingerprint density at radius 1 is 1.04 bits per heavy atom. The maximum absolute atomic E-state index is 12.7. The van der Waals surface area contributed by atoms with Gasteiger partial charge in [-0.2, -0.15) is 13.2 Å². The Kier molecular flexibility index (Phi) is 5.47. The number of ether oxygens (including phenoxy) is 2. The van der Waals surface area contributed by atoms with Gasteiger partial charge >= 0.3 is 18.2 Å². The number of aldehydes is 1. The van der Waals surface area contributed by atoms with Crippen molar-refractivity contribution >= 4 is 6.29 Å². The van der Waals surface area contributed by atoms with E-state index in [4.69, 9.17) is 4.74 Å². The minimum absolute atomic E-state index is 0.286. The Bertz CT molecular complexity index is 737. The summed E-state index contributed by atoms with van der Waals surface area (Å²) < 4.78 is 52.3. The van der Waals surface area contributed by atoms with Crippen LogP contribution in [0.4, 0.5) is 13.2 Å². The summed E-state index contributed by atoms with van der Waals surface area (Å²) in [6.45, 7) is 0. The highest BCUT2D eigenvalue weighted by Crippen LogP contribution is 2.28. The summed E-state index contributed by atoms with van der Waals surface area (Å²) in [5.74, 6) is -2.37. The lowest BCUT2D eigenvalue weighted by Crippen LogP contribution is -2.20. The maximum atomic E-state index is 12.7. The topological polar surface area (TPSA) is 52.8 Å². The number of halogens is 3. The number of carbonyl (C=O) groups excluding carboxylic acids is 1. The first-order chi connectivity index (χ1) is 11.4. The molecule has 0 aliphatic carbocycles. The van der Waals surface area contributed by atoms with Crippen molar-refractivity contribution in [3.63, 3.8) is 0 Å². The Hall–Kier alpha value is -2.96. The van der Waals surface area contributed by atoms with Crippen molar-refractivity contribution in [2.45, 2.75) is 6.18 Å². The van der Waals surface area contributed by atoms with Crippen molar-refractivity contribution in [1.29, 1.82) is 0 Å². The van der Waals surface area contributed by atoms with Crippen LogP contribution in [-0.2, 0) is 4.74 Å². The predicted molar refractivity (Wildman–Crippen MR) is 78.4 cm³/mol. The number of para-hydroxylation sites is 1. The number of hydrogen-bond donors (Lipinski definition) is 0. The molecule has 4 nitrogen and oxygen atoms in total. The molecule has 7 heteroatoms. The second-order valence-corrected chi connectivity index (χ2v) is 4.54. The number of rotatable bonds is 5. The normalized spacial score (nSPS) is 12.8. The van der Waals surface area contributed by atoms with Gasteiger partial charge in [-0.15, -0.1) is 0 Å². The molecule has 0 saturated carbocycles. The molecule has 0 spiro atoms. The molecule has 0 amide bonds. The third kappa shape index (κ3) is 4.77. The van der Waals surface area contributed by atoms with E-state index in [1.54, 1.807) is 36.4 Å². The fourth-order valence-corrected chi connectivity index (χ4v) is 1.73. The standard InChI is InChI=1S/C17H13F3O4/c1-22-16(21)15(17(18,19)20)23-11-12-6-5-9-14(10-12)24-13-7-3-2-4-8-13/h2-11H,1H3/b16-15+. The molecule has 0 bridgehead atoms. The van der Waals surface area contributed by atoms with Crippen molar-refractivity contribution in [3.8, 4) is 11.5 Å². The lowest BCUT2D eigenvalue weighted by molar-refractivity contribution is -0.389. The fraction of sp³-hybridized carbons (Fsp3) is 0.118. The summed E-state index contributed by atoms with van der Waals surface area (Å²) in [5.41, 5.74) is 0.286. The van der Waals surface area contributed by atoms with Gasteiger partial charge < -0.3 is 14.6 Å². The molecular formula is C17H13F3O4. The zero-order valence-corrected chi connectivity index (χ0v) is 12.5. The Morgan fingerprint density at radius 3 is 2.33 bits per heavy atom. The molecule has 2 aromatic carbocycles. The summed E-state index contributed by atoms with van der Waals surface area (Å²) in [4.78, 5) is 0. The van der Waals surface area contributed by atoms with Crippen LogP contribution >= 0.6 is 0 Å². The summed E-state index contributed by atoms with van der Waals surface area (Å²) in [7, 11) is 0.839. The Balaban J connectivity index is 2.22. The molecule has 0 heterocycles. The lowest BCUT2D eigenvalue weighted by atomic mass is 10.2. The molecule has 24 heavy (non-hydrogen) atoms. The van der Waals surface area contributed by atoms with Crippen LogP contribution in [-0.4, -0.2) is 19.6 Å². The van der Waals surface area contributed by atoms with Crippen LogP contribution in [0.25, 0.3) is 0 Å². The molecule has 0 fully saturated rings. The van der Waals surface area contributed by atoms with Gasteiger partial charge in [0.1, 0.15) is 11.5 Å². The van der Waals surface area contributed by atoms with Gasteiger partial charge in [0.05, 0.1) is 5.56 Å². The van der Waals surface area contributed by atoms with Crippen molar-refractivity contribution in [1.82, 2.24) is 0 Å². The fourth-order valence-electron chi connectivity index (χ4n) is 1.73. The Labute approximate surface area is 136 Å². The van der Waals surface area contributed by atoms with Gasteiger partial charge in [-0.3, -0.25) is 0 Å². The van der Waals surface area contributed by atoms with Crippen LogP contribution < -0.4 is 9.84 Å². The highest BCUT2D eigenvalue weighted by Gasteiger charge is 2.46. The molecule has 2 aromatic rings. The quantitative estimate of drug-likeness (QED) is 0.476. The monoisotopic (exact) mass is 338 g/mol. The van der Waals surface area contributed by atoms with Crippen LogP contribution in [0.5, 0.6) is 11.5 Å². The van der Waals surface area contributed by atoms with Crippen LogP contribution in [0.1, 0.15) is 9.99 Å². The van der Waals surface area contributed by atoms with Gasteiger partial charge in [0.15, 0.2) is 5.95 Å². The van der Waals surface area contributed by atoms with Crippen molar-refractivity contribution in [2.24, 2.45) is 0 Å². The smallest absolute Gasteiger partial charge is 0.512 e. The van der Waals surface area contributed by atoms with Gasteiger partial charge in [-0.1, -0.05) is 24.3 Å². The number of allylic oxidation sites excluding steroid dienone is 1. The van der Waals surface area contributed by atoms with Gasteiger partial charge in [0.2, 0.25) is 0 Å². The van der Waals surface area contributed by atoms with Crippen LogP contribution in [0.2, 0.25) is 0 Å². The van der Waals surface area contributed by atoms with Crippen LogP contribution in [0, 0.1) is 0 Å². The van der Waals surface area contributed by atoms with Crippen molar-refractivity contribution in [3.05, 3.63) is 71.9 Å². The molecule has 0 unspecified atom stereocenters. The van der Waals surface area contributed by atoms with E-state index >= 15 is 0 Å². The molecule has 0 N–H and O–H groups in total. The first-order valence-corrected chi connectivity index (χ1v) is 6.75. The van der Waals surface area contributed by atoms with E-state index in [2.05, 4.69) is 9.16 Å². The highest BCUT2D eigenvalue weighted by molar-refractivity contribution is 5.76. The van der Waals surface area contributed by atoms with E-state index in [1.807, 2.05) is 6.07 Å². The van der Waals surface area contributed by atoms with E-state index in [1.165, 1.54) is 12.1 Å². The molecular weight excluding hydrogens is 325 g/mol. The van der Waals surface area contributed by atoms with Gasteiger partial charge in [-0.25, -0.2) is 4.42 Å². The lowest BCUT2D eigenvalue weighted by Gasteiger charge is -2.07. The molecule has 0 atom stereocenters. The molecule has 0 radical (unpaired) electrons. The van der Waals surface area contributed by atoms with E-state index in [-0.39, 0.29) is 5.56 Å². The second-order valence-electron chi connectivity index (χ2n) is 4.54. The summed E-state index contributed by atoms with van der Waals surface area (Å²) >= 11 is 0. The zero-order valence-electron chi connectivity index (χ0n) is 12.5. The molecule has 0 aliphatic heterocycles. The predicted octanol–water partition coefficient (Wildman–Crippen LogP) is 3.57. The van der Waals surface area contributed by atoms with Crippen molar-refractivity contribution in [2.75, 3.05) is 7.11 Å². The van der Waals surface area contributed by atoms with Gasteiger partial charge in [0.25, 0.3) is 0 Å². The minimum atomic E-state index is -4.96. The van der Waals surface area contributed by atoms with Gasteiger partial charge in [-0.05, 0) is 37.4 Å². The number of alkyl halides is 3.